The predicted molar refractivity (Wildman–Crippen MR) is 84.5 cm³/mol. The molecule has 1 fully saturated rings. The number of nitrogens with one attached hydrogen (secondary N) is 1. The molecule has 0 radical (unpaired) electrons. The maximum atomic E-state index is 12.4. The zero-order valence-corrected chi connectivity index (χ0v) is 13.7. The van der Waals surface area contributed by atoms with E-state index in [1.54, 1.807) is 48.2 Å². The van der Waals surface area contributed by atoms with Crippen molar-refractivity contribution in [1.82, 2.24) is 14.6 Å². The molecule has 0 unspecified atom stereocenters. The van der Waals surface area contributed by atoms with Crippen LogP contribution in [-0.2, 0) is 16.6 Å². The summed E-state index contributed by atoms with van der Waals surface area (Å²) in [6.07, 6.45) is 0. The molecular formula is C14H17N3O3S2. The number of rotatable bonds is 6. The topological polar surface area (TPSA) is 71.5 Å². The van der Waals surface area contributed by atoms with E-state index in [0.29, 0.717) is 30.3 Å². The van der Waals surface area contributed by atoms with Crippen molar-refractivity contribution in [2.24, 2.45) is 0 Å². The molecule has 2 aromatic rings. The van der Waals surface area contributed by atoms with E-state index in [9.17, 15) is 8.42 Å². The first-order valence-electron chi connectivity index (χ1n) is 6.84. The summed E-state index contributed by atoms with van der Waals surface area (Å²) in [5.41, 5.74) is 2.78. The van der Waals surface area contributed by atoms with Crippen LogP contribution in [0.3, 0.4) is 0 Å². The molecule has 8 heteroatoms. The normalized spacial score (nSPS) is 16.4. The van der Waals surface area contributed by atoms with Gasteiger partial charge in [0.1, 0.15) is 5.75 Å². The van der Waals surface area contributed by atoms with Gasteiger partial charge in [0.15, 0.2) is 0 Å². The molecule has 0 amide bonds. The van der Waals surface area contributed by atoms with Gasteiger partial charge < -0.3 is 10.1 Å². The molecule has 118 valence electrons. The second-order valence-corrected chi connectivity index (χ2v) is 7.71. The second kappa shape index (κ2) is 6.33. The summed E-state index contributed by atoms with van der Waals surface area (Å²) in [5, 5.41) is 5.29. The first kappa shape index (κ1) is 15.4. The Morgan fingerprint density at radius 1 is 1.36 bits per heavy atom. The van der Waals surface area contributed by atoms with Crippen LogP contribution < -0.4 is 10.1 Å². The molecule has 2 heterocycles. The smallest absolute Gasteiger partial charge is 0.243 e. The van der Waals surface area contributed by atoms with Gasteiger partial charge in [0.05, 0.1) is 23.2 Å². The summed E-state index contributed by atoms with van der Waals surface area (Å²) in [6.45, 7) is 1.64. The second-order valence-electron chi connectivity index (χ2n) is 5.06. The minimum absolute atomic E-state index is 0.176. The van der Waals surface area contributed by atoms with Crippen molar-refractivity contribution in [2.75, 3.05) is 20.2 Å². The Labute approximate surface area is 133 Å². The summed E-state index contributed by atoms with van der Waals surface area (Å²) in [6, 6.07) is 6.64. The number of benzene rings is 1. The van der Waals surface area contributed by atoms with Gasteiger partial charge in [0.25, 0.3) is 0 Å². The summed E-state index contributed by atoms with van der Waals surface area (Å²) < 4.78 is 31.4. The van der Waals surface area contributed by atoms with Crippen LogP contribution in [0.5, 0.6) is 5.75 Å². The van der Waals surface area contributed by atoms with Crippen LogP contribution in [0.1, 0.15) is 5.69 Å². The average molecular weight is 339 g/mol. The van der Waals surface area contributed by atoms with Gasteiger partial charge in [-0.3, -0.25) is 0 Å². The number of methoxy groups -OCH3 is 1. The highest BCUT2D eigenvalue weighted by molar-refractivity contribution is 7.89. The Kier molecular flexibility index (Phi) is 4.44. The van der Waals surface area contributed by atoms with Gasteiger partial charge in [0.2, 0.25) is 10.0 Å². The van der Waals surface area contributed by atoms with Crippen LogP contribution in [-0.4, -0.2) is 43.9 Å². The van der Waals surface area contributed by atoms with E-state index in [0.717, 1.165) is 5.69 Å². The average Bonchev–Trinajstić information content (AvgIpc) is 2.99. The first-order chi connectivity index (χ1) is 10.6. The number of thiazole rings is 1. The molecule has 0 atom stereocenters. The molecule has 3 rings (SSSR count). The SMILES string of the molecule is COc1ccc(S(=O)(=O)N2CC(NCc3cscn3)C2)cc1. The van der Waals surface area contributed by atoms with Crippen LogP contribution in [0.15, 0.2) is 40.1 Å². The van der Waals surface area contributed by atoms with E-state index in [4.69, 9.17) is 4.74 Å². The monoisotopic (exact) mass is 339 g/mol. The molecule has 0 bridgehead atoms. The van der Waals surface area contributed by atoms with Crippen LogP contribution in [0.25, 0.3) is 0 Å². The van der Waals surface area contributed by atoms with Crippen molar-refractivity contribution in [2.45, 2.75) is 17.5 Å². The van der Waals surface area contributed by atoms with E-state index in [-0.39, 0.29) is 6.04 Å². The number of ether oxygens (including phenoxy) is 1. The molecule has 1 N–H and O–H groups in total. The summed E-state index contributed by atoms with van der Waals surface area (Å²) >= 11 is 1.55. The lowest BCUT2D eigenvalue weighted by Crippen LogP contribution is -2.59. The lowest BCUT2D eigenvalue weighted by Gasteiger charge is -2.38. The Morgan fingerprint density at radius 2 is 2.09 bits per heavy atom. The van der Waals surface area contributed by atoms with Crippen molar-refractivity contribution < 1.29 is 13.2 Å². The van der Waals surface area contributed by atoms with Gasteiger partial charge in [-0.2, -0.15) is 4.31 Å². The Bertz CT molecular complexity index is 708. The van der Waals surface area contributed by atoms with Gasteiger partial charge in [-0.25, -0.2) is 13.4 Å². The Hall–Kier alpha value is -1.48. The van der Waals surface area contributed by atoms with Crippen molar-refractivity contribution in [3.8, 4) is 5.75 Å². The Balaban J connectivity index is 1.56. The molecule has 0 aliphatic carbocycles. The van der Waals surface area contributed by atoms with Crippen molar-refractivity contribution in [3.05, 3.63) is 40.8 Å². The molecule has 1 aliphatic rings. The molecule has 22 heavy (non-hydrogen) atoms. The van der Waals surface area contributed by atoms with Crippen molar-refractivity contribution in [1.29, 1.82) is 0 Å². The summed E-state index contributed by atoms with van der Waals surface area (Å²) in [7, 11) is -1.85. The minimum atomic E-state index is -3.41. The van der Waals surface area contributed by atoms with Gasteiger partial charge in [-0.05, 0) is 24.3 Å². The molecule has 6 nitrogen and oxygen atoms in total. The predicted octanol–water partition coefficient (Wildman–Crippen LogP) is 1.31. The fourth-order valence-electron chi connectivity index (χ4n) is 2.23. The minimum Gasteiger partial charge on any atom is -0.497 e. The summed E-state index contributed by atoms with van der Waals surface area (Å²) in [4.78, 5) is 4.49. The molecular weight excluding hydrogens is 322 g/mol. The number of hydrogen-bond donors (Lipinski definition) is 1. The third-order valence-electron chi connectivity index (χ3n) is 3.60. The lowest BCUT2D eigenvalue weighted by molar-refractivity contribution is 0.225. The third-order valence-corrected chi connectivity index (χ3v) is 6.08. The number of hydrogen-bond acceptors (Lipinski definition) is 6. The highest BCUT2D eigenvalue weighted by atomic mass is 32.2. The maximum absolute atomic E-state index is 12.4. The fourth-order valence-corrected chi connectivity index (χ4v) is 4.32. The third kappa shape index (κ3) is 3.14. The zero-order valence-electron chi connectivity index (χ0n) is 12.1. The van der Waals surface area contributed by atoms with Gasteiger partial charge >= 0.3 is 0 Å². The molecule has 1 aromatic heterocycles. The molecule has 1 aromatic carbocycles. The van der Waals surface area contributed by atoms with E-state index < -0.39 is 10.0 Å². The lowest BCUT2D eigenvalue weighted by atomic mass is 10.2. The van der Waals surface area contributed by atoms with Crippen LogP contribution in [0, 0.1) is 0 Å². The van der Waals surface area contributed by atoms with E-state index in [2.05, 4.69) is 10.3 Å². The largest absolute Gasteiger partial charge is 0.497 e. The Morgan fingerprint density at radius 3 is 2.68 bits per heavy atom. The van der Waals surface area contributed by atoms with E-state index in [1.807, 2.05) is 5.38 Å². The van der Waals surface area contributed by atoms with Crippen LogP contribution >= 0.6 is 11.3 Å². The molecule has 1 aliphatic heterocycles. The highest BCUT2D eigenvalue weighted by Gasteiger charge is 2.36. The van der Waals surface area contributed by atoms with Crippen LogP contribution in [0.2, 0.25) is 0 Å². The maximum Gasteiger partial charge on any atom is 0.243 e. The summed E-state index contributed by atoms with van der Waals surface area (Å²) in [5.74, 6) is 0.644. The first-order valence-corrected chi connectivity index (χ1v) is 9.22. The van der Waals surface area contributed by atoms with Gasteiger partial charge in [0, 0.05) is 31.1 Å². The molecule has 1 saturated heterocycles. The zero-order chi connectivity index (χ0) is 15.6. The van der Waals surface area contributed by atoms with Crippen molar-refractivity contribution >= 4 is 21.4 Å². The van der Waals surface area contributed by atoms with Gasteiger partial charge in [-0.15, -0.1) is 11.3 Å². The quantitative estimate of drug-likeness (QED) is 0.859. The number of nitrogens with zero attached hydrogens (tertiary/aromatic N) is 2. The fraction of sp³-hybridized carbons (Fsp3) is 0.357. The van der Waals surface area contributed by atoms with E-state index in [1.165, 1.54) is 4.31 Å². The molecule has 0 spiro atoms. The van der Waals surface area contributed by atoms with E-state index >= 15 is 0 Å². The highest BCUT2D eigenvalue weighted by Crippen LogP contribution is 2.23. The number of sulfonamides is 1. The molecule has 0 saturated carbocycles. The standard InChI is InChI=1S/C14H17N3O3S2/c1-20-13-2-4-14(5-3-13)22(18,19)17-7-12(8-17)15-6-11-9-21-10-16-11/h2-5,9-10,12,15H,6-8H2,1H3. The number of aromatic nitrogens is 1. The van der Waals surface area contributed by atoms with Crippen molar-refractivity contribution in [3.63, 3.8) is 0 Å². The van der Waals surface area contributed by atoms with Gasteiger partial charge in [-0.1, -0.05) is 0 Å². The van der Waals surface area contributed by atoms with Crippen LogP contribution in [0.4, 0.5) is 0 Å².